The number of carbonyl (C=O) groups excluding carboxylic acids is 2. The third-order valence-electron chi connectivity index (χ3n) is 3.81. The Bertz CT molecular complexity index is 931. The van der Waals surface area contributed by atoms with E-state index in [2.05, 4.69) is 47.7 Å². The summed E-state index contributed by atoms with van der Waals surface area (Å²) in [6.45, 7) is 5.87. The molecule has 0 unspecified atom stereocenters. The normalized spacial score (nSPS) is 11.0. The molecule has 0 aliphatic rings. The summed E-state index contributed by atoms with van der Waals surface area (Å²) in [6.07, 6.45) is 0.0474. The SMILES string of the molecule is CCOc1ccc(NC(=O)CC(C)=NNC(=O)COc2cc(C)c(Br)cc2Br)cc1. The highest BCUT2D eigenvalue weighted by molar-refractivity contribution is 9.11. The molecule has 0 aliphatic heterocycles. The largest absolute Gasteiger partial charge is 0.494 e. The molecule has 0 fully saturated rings. The molecule has 0 aromatic heterocycles. The summed E-state index contributed by atoms with van der Waals surface area (Å²) in [6, 6.07) is 10.8. The first-order chi connectivity index (χ1) is 14.3. The van der Waals surface area contributed by atoms with Gasteiger partial charge in [-0.15, -0.1) is 0 Å². The van der Waals surface area contributed by atoms with Crippen molar-refractivity contribution in [3.63, 3.8) is 0 Å². The third-order valence-corrected chi connectivity index (χ3v) is 5.28. The summed E-state index contributed by atoms with van der Waals surface area (Å²) < 4.78 is 12.6. The highest BCUT2D eigenvalue weighted by atomic mass is 79.9. The summed E-state index contributed by atoms with van der Waals surface area (Å²) in [5.74, 6) is 0.638. The molecular weight excluding hydrogens is 518 g/mol. The van der Waals surface area contributed by atoms with Gasteiger partial charge in [-0.2, -0.15) is 5.10 Å². The zero-order valence-corrected chi connectivity index (χ0v) is 20.1. The number of carbonyl (C=O) groups is 2. The Labute approximate surface area is 192 Å². The van der Waals surface area contributed by atoms with Crippen LogP contribution in [-0.4, -0.2) is 30.7 Å². The van der Waals surface area contributed by atoms with Crippen LogP contribution in [0.2, 0.25) is 0 Å². The number of hydrogen-bond donors (Lipinski definition) is 2. The van der Waals surface area contributed by atoms with Crippen molar-refractivity contribution < 1.29 is 19.1 Å². The lowest BCUT2D eigenvalue weighted by molar-refractivity contribution is -0.123. The van der Waals surface area contributed by atoms with Crippen LogP contribution >= 0.6 is 31.9 Å². The molecule has 160 valence electrons. The molecule has 0 radical (unpaired) electrons. The van der Waals surface area contributed by atoms with E-state index in [1.165, 1.54) is 0 Å². The predicted molar refractivity (Wildman–Crippen MR) is 124 cm³/mol. The van der Waals surface area contributed by atoms with Crippen molar-refractivity contribution in [1.29, 1.82) is 0 Å². The highest BCUT2D eigenvalue weighted by Crippen LogP contribution is 2.31. The van der Waals surface area contributed by atoms with Gasteiger partial charge in [0.25, 0.3) is 5.91 Å². The Hall–Kier alpha value is -2.39. The number of amides is 2. The Kier molecular flexibility index (Phi) is 9.32. The van der Waals surface area contributed by atoms with Crippen molar-refractivity contribution in [2.45, 2.75) is 27.2 Å². The molecular formula is C21H23Br2N3O4. The average molecular weight is 541 g/mol. The van der Waals surface area contributed by atoms with Crippen LogP contribution in [0.3, 0.4) is 0 Å². The molecule has 30 heavy (non-hydrogen) atoms. The van der Waals surface area contributed by atoms with Crippen LogP contribution in [0.1, 0.15) is 25.8 Å². The van der Waals surface area contributed by atoms with Crippen LogP contribution in [0.5, 0.6) is 11.5 Å². The van der Waals surface area contributed by atoms with Crippen molar-refractivity contribution in [1.82, 2.24) is 5.43 Å². The summed E-state index contributed by atoms with van der Waals surface area (Å²) in [5, 5.41) is 6.72. The number of hydrazone groups is 1. The average Bonchev–Trinajstić information content (AvgIpc) is 2.69. The quantitative estimate of drug-likeness (QED) is 0.352. The molecule has 2 aromatic carbocycles. The van der Waals surface area contributed by atoms with Gasteiger partial charge in [-0.1, -0.05) is 15.9 Å². The fraction of sp³-hybridized carbons (Fsp3) is 0.286. The second-order valence-electron chi connectivity index (χ2n) is 6.38. The molecule has 0 atom stereocenters. The van der Waals surface area contributed by atoms with E-state index < -0.39 is 5.91 Å². The molecule has 0 heterocycles. The van der Waals surface area contributed by atoms with E-state index >= 15 is 0 Å². The van der Waals surface area contributed by atoms with Gasteiger partial charge in [0.15, 0.2) is 6.61 Å². The van der Waals surface area contributed by atoms with Crippen LogP contribution < -0.4 is 20.2 Å². The van der Waals surface area contributed by atoms with E-state index in [9.17, 15) is 9.59 Å². The summed E-state index contributed by atoms with van der Waals surface area (Å²) in [5.41, 5.74) is 4.50. The van der Waals surface area contributed by atoms with Gasteiger partial charge in [-0.25, -0.2) is 5.43 Å². The lowest BCUT2D eigenvalue weighted by Crippen LogP contribution is -2.26. The first-order valence-corrected chi connectivity index (χ1v) is 10.8. The number of hydrogen-bond acceptors (Lipinski definition) is 5. The van der Waals surface area contributed by atoms with Gasteiger partial charge in [-0.05, 0) is 78.7 Å². The van der Waals surface area contributed by atoms with Crippen molar-refractivity contribution in [2.75, 3.05) is 18.5 Å². The number of aryl methyl sites for hydroxylation is 1. The van der Waals surface area contributed by atoms with Crippen molar-refractivity contribution >= 4 is 55.1 Å². The summed E-state index contributed by atoms with van der Waals surface area (Å²) in [4.78, 5) is 24.1. The van der Waals surface area contributed by atoms with E-state index in [1.807, 2.05) is 26.0 Å². The number of rotatable bonds is 9. The number of ether oxygens (including phenoxy) is 2. The first-order valence-electron chi connectivity index (χ1n) is 9.21. The number of halogens is 2. The minimum Gasteiger partial charge on any atom is -0.494 e. The Morgan fingerprint density at radius 1 is 1.03 bits per heavy atom. The molecule has 0 aliphatic carbocycles. The fourth-order valence-electron chi connectivity index (χ4n) is 2.35. The molecule has 0 saturated heterocycles. The Morgan fingerprint density at radius 2 is 1.73 bits per heavy atom. The van der Waals surface area contributed by atoms with Gasteiger partial charge in [0.05, 0.1) is 17.5 Å². The van der Waals surface area contributed by atoms with E-state index in [0.29, 0.717) is 23.8 Å². The van der Waals surface area contributed by atoms with Crippen molar-refractivity contribution in [3.05, 3.63) is 50.9 Å². The molecule has 0 spiro atoms. The minimum atomic E-state index is -0.422. The van der Waals surface area contributed by atoms with Crippen LogP contribution in [0.25, 0.3) is 0 Å². The van der Waals surface area contributed by atoms with Crippen LogP contribution in [-0.2, 0) is 9.59 Å². The molecule has 2 amide bonds. The lowest BCUT2D eigenvalue weighted by atomic mass is 10.2. The number of nitrogens with one attached hydrogen (secondary N) is 2. The maximum absolute atomic E-state index is 12.1. The van der Waals surface area contributed by atoms with Gasteiger partial charge in [0, 0.05) is 15.9 Å². The summed E-state index contributed by atoms with van der Waals surface area (Å²) >= 11 is 6.82. The first kappa shape index (κ1) is 23.9. The van der Waals surface area contributed by atoms with E-state index in [4.69, 9.17) is 9.47 Å². The van der Waals surface area contributed by atoms with Crippen LogP contribution in [0.4, 0.5) is 5.69 Å². The smallest absolute Gasteiger partial charge is 0.277 e. The number of benzene rings is 2. The molecule has 2 N–H and O–H groups in total. The van der Waals surface area contributed by atoms with Gasteiger partial charge < -0.3 is 14.8 Å². The molecule has 0 bridgehead atoms. The number of anilines is 1. The molecule has 9 heteroatoms. The lowest BCUT2D eigenvalue weighted by Gasteiger charge is -2.10. The zero-order chi connectivity index (χ0) is 22.1. The molecule has 0 saturated carbocycles. The van der Waals surface area contributed by atoms with Crippen LogP contribution in [0.15, 0.2) is 50.4 Å². The minimum absolute atomic E-state index is 0.0474. The second-order valence-corrected chi connectivity index (χ2v) is 8.09. The van der Waals surface area contributed by atoms with E-state index in [-0.39, 0.29) is 18.9 Å². The topological polar surface area (TPSA) is 89.0 Å². The maximum atomic E-state index is 12.1. The highest BCUT2D eigenvalue weighted by Gasteiger charge is 2.09. The maximum Gasteiger partial charge on any atom is 0.277 e. The van der Waals surface area contributed by atoms with Crippen LogP contribution in [0, 0.1) is 6.92 Å². The van der Waals surface area contributed by atoms with Gasteiger partial charge in [0.1, 0.15) is 11.5 Å². The van der Waals surface area contributed by atoms with Gasteiger partial charge in [-0.3, -0.25) is 9.59 Å². The second kappa shape index (κ2) is 11.7. The standard InChI is InChI=1S/C21H23Br2N3O4/c1-4-29-16-7-5-15(6-8-16)24-20(27)10-14(3)25-26-21(28)12-30-19-9-13(2)17(22)11-18(19)23/h5-9,11H,4,10,12H2,1-3H3,(H,24,27)(H,26,28). The van der Waals surface area contributed by atoms with E-state index in [0.717, 1.165) is 20.3 Å². The summed E-state index contributed by atoms with van der Waals surface area (Å²) in [7, 11) is 0. The van der Waals surface area contributed by atoms with Crippen molar-refractivity contribution in [2.24, 2.45) is 5.10 Å². The fourth-order valence-corrected chi connectivity index (χ4v) is 3.46. The molecule has 2 aromatic rings. The third kappa shape index (κ3) is 7.79. The van der Waals surface area contributed by atoms with Crippen molar-refractivity contribution in [3.8, 4) is 11.5 Å². The molecule has 7 nitrogen and oxygen atoms in total. The zero-order valence-electron chi connectivity index (χ0n) is 16.9. The van der Waals surface area contributed by atoms with Gasteiger partial charge in [0.2, 0.25) is 5.91 Å². The molecule has 2 rings (SSSR count). The number of nitrogens with zero attached hydrogens (tertiary/aromatic N) is 1. The Balaban J connectivity index is 1.79. The Morgan fingerprint density at radius 3 is 2.40 bits per heavy atom. The van der Waals surface area contributed by atoms with E-state index in [1.54, 1.807) is 31.2 Å². The predicted octanol–water partition coefficient (Wildman–Crippen LogP) is 4.82. The monoisotopic (exact) mass is 539 g/mol. The van der Waals surface area contributed by atoms with Gasteiger partial charge >= 0.3 is 0 Å².